The van der Waals surface area contributed by atoms with Crippen LogP contribution in [0.2, 0.25) is 5.02 Å². The topological polar surface area (TPSA) is 102 Å². The molecule has 0 spiro atoms. The second-order valence-corrected chi connectivity index (χ2v) is 9.34. The lowest BCUT2D eigenvalue weighted by atomic mass is 10.1. The molecule has 3 heterocycles. The summed E-state index contributed by atoms with van der Waals surface area (Å²) < 4.78 is 52.0. The van der Waals surface area contributed by atoms with Crippen molar-refractivity contribution in [3.05, 3.63) is 70.4 Å². The summed E-state index contributed by atoms with van der Waals surface area (Å²) >= 11 is 5.70. The van der Waals surface area contributed by atoms with Gasteiger partial charge in [-0.1, -0.05) is 11.6 Å². The molecule has 1 fully saturated rings. The van der Waals surface area contributed by atoms with E-state index in [2.05, 4.69) is 20.9 Å². The Morgan fingerprint density at radius 3 is 2.81 bits per heavy atom. The molecule has 2 aromatic carbocycles. The molecule has 0 saturated heterocycles. The first kappa shape index (κ1) is 23.4. The summed E-state index contributed by atoms with van der Waals surface area (Å²) in [4.78, 5) is 28.3. The number of hydrogen-bond donors (Lipinski definition) is 3. The van der Waals surface area contributed by atoms with E-state index in [1.54, 1.807) is 24.4 Å². The number of rotatable bonds is 4. The number of aromatic nitrogens is 1. The lowest BCUT2D eigenvalue weighted by Crippen LogP contribution is -2.34. The lowest BCUT2D eigenvalue weighted by molar-refractivity contribution is -0.136. The van der Waals surface area contributed by atoms with E-state index in [0.717, 1.165) is 23.3 Å². The maximum Gasteiger partial charge on any atom is 0.418 e. The number of anilines is 2. The van der Waals surface area contributed by atoms with Gasteiger partial charge in [0.25, 0.3) is 0 Å². The second kappa shape index (κ2) is 8.55. The van der Waals surface area contributed by atoms with E-state index in [9.17, 15) is 22.8 Å². The molecular formula is C25H18ClF3N4O4. The van der Waals surface area contributed by atoms with Gasteiger partial charge in [-0.15, -0.1) is 0 Å². The Kier molecular flexibility index (Phi) is 5.41. The van der Waals surface area contributed by atoms with Gasteiger partial charge in [0.15, 0.2) is 0 Å². The Bertz CT molecular complexity index is 1450. The largest absolute Gasteiger partial charge is 0.487 e. The van der Waals surface area contributed by atoms with Crippen LogP contribution in [0.3, 0.4) is 0 Å². The van der Waals surface area contributed by atoms with E-state index in [-0.39, 0.29) is 23.0 Å². The van der Waals surface area contributed by atoms with Crippen molar-refractivity contribution in [3.8, 4) is 17.2 Å². The number of nitrogens with one attached hydrogen (secondary N) is 3. The van der Waals surface area contributed by atoms with Gasteiger partial charge in [-0.25, -0.2) is 9.78 Å². The summed E-state index contributed by atoms with van der Waals surface area (Å²) in [6.07, 6.45) is -2.61. The van der Waals surface area contributed by atoms with Gasteiger partial charge >= 0.3 is 12.2 Å². The molecule has 6 rings (SSSR count). The van der Waals surface area contributed by atoms with Crippen LogP contribution in [-0.4, -0.2) is 29.1 Å². The fourth-order valence-corrected chi connectivity index (χ4v) is 4.90. The standard InChI is InChI=1S/C25H18ClF3N4O4/c26-11-1-4-16(15(9-11)25(27,28)29)31-24(35)33-21-20-14-10-12(2-5-17(14)37-22(20)21)36-18-7-8-30-23-13(18)3-6-19(34)32-23/h1-2,4-5,7-10,20-22H,3,6H2,(H,30,32,34)(H2,31,33,35)/t20-,21-,22?/m0/s1. The predicted molar refractivity (Wildman–Crippen MR) is 127 cm³/mol. The maximum absolute atomic E-state index is 13.3. The molecule has 2 aliphatic heterocycles. The van der Waals surface area contributed by atoms with Crippen molar-refractivity contribution in [1.82, 2.24) is 10.3 Å². The fraction of sp³-hybridized carbons (Fsp3) is 0.240. The first-order valence-electron chi connectivity index (χ1n) is 11.4. The van der Waals surface area contributed by atoms with E-state index in [4.69, 9.17) is 21.1 Å². The predicted octanol–water partition coefficient (Wildman–Crippen LogP) is 5.48. The van der Waals surface area contributed by atoms with Crippen molar-refractivity contribution in [2.75, 3.05) is 10.6 Å². The number of ether oxygens (including phenoxy) is 2. The molecule has 190 valence electrons. The normalized spacial score (nSPS) is 21.1. The SMILES string of the molecule is O=C1CCc2c(Oc3ccc4c(c3)[C@@H]3C(O4)[C@H]3NC(=O)Nc3ccc(Cl)cc3C(F)(F)F)ccnc2N1. The zero-order chi connectivity index (χ0) is 25.9. The summed E-state index contributed by atoms with van der Waals surface area (Å²) in [5.74, 6) is 1.99. The molecule has 1 unspecified atom stereocenters. The number of pyridine rings is 1. The molecule has 8 nitrogen and oxygen atoms in total. The third-order valence-electron chi connectivity index (χ3n) is 6.49. The number of nitrogens with zero attached hydrogens (tertiary/aromatic N) is 1. The number of carbonyl (C=O) groups is 2. The van der Waals surface area contributed by atoms with Crippen molar-refractivity contribution in [2.24, 2.45) is 0 Å². The van der Waals surface area contributed by atoms with Crippen molar-refractivity contribution in [3.63, 3.8) is 0 Å². The highest BCUT2D eigenvalue weighted by molar-refractivity contribution is 6.30. The minimum absolute atomic E-state index is 0.0879. The fourth-order valence-electron chi connectivity index (χ4n) is 4.73. The van der Waals surface area contributed by atoms with Crippen molar-refractivity contribution < 1.29 is 32.2 Å². The van der Waals surface area contributed by atoms with Gasteiger partial charge in [-0.3, -0.25) is 4.79 Å². The lowest BCUT2D eigenvalue weighted by Gasteiger charge is -2.19. The van der Waals surface area contributed by atoms with Crippen LogP contribution in [0.5, 0.6) is 17.2 Å². The Balaban J connectivity index is 1.15. The smallest absolute Gasteiger partial charge is 0.418 e. The number of benzene rings is 2. The van der Waals surface area contributed by atoms with Crippen LogP contribution in [0.15, 0.2) is 48.7 Å². The first-order chi connectivity index (χ1) is 17.7. The molecule has 3 atom stereocenters. The first-order valence-corrected chi connectivity index (χ1v) is 11.8. The molecule has 12 heteroatoms. The highest BCUT2D eigenvalue weighted by Crippen LogP contribution is 2.54. The minimum Gasteiger partial charge on any atom is -0.487 e. The average molecular weight is 531 g/mol. The summed E-state index contributed by atoms with van der Waals surface area (Å²) in [7, 11) is 0. The van der Waals surface area contributed by atoms with Crippen LogP contribution < -0.4 is 25.4 Å². The zero-order valence-electron chi connectivity index (χ0n) is 18.9. The molecule has 3 N–H and O–H groups in total. The van der Waals surface area contributed by atoms with Gasteiger partial charge in [0.1, 0.15) is 29.2 Å². The maximum atomic E-state index is 13.3. The van der Waals surface area contributed by atoms with Gasteiger partial charge < -0.3 is 25.4 Å². The highest BCUT2D eigenvalue weighted by Gasteiger charge is 2.59. The minimum atomic E-state index is -4.68. The van der Waals surface area contributed by atoms with Crippen LogP contribution >= 0.6 is 11.6 Å². The van der Waals surface area contributed by atoms with Gasteiger partial charge in [0.05, 0.1) is 23.2 Å². The number of urea groups is 1. The second-order valence-electron chi connectivity index (χ2n) is 8.91. The van der Waals surface area contributed by atoms with Crippen LogP contribution in [0.4, 0.5) is 29.5 Å². The third kappa shape index (κ3) is 4.39. The van der Waals surface area contributed by atoms with Gasteiger partial charge in [0.2, 0.25) is 5.91 Å². The summed E-state index contributed by atoms with van der Waals surface area (Å²) in [6, 6.07) is 9.01. The number of carbonyl (C=O) groups excluding carboxylic acids is 2. The van der Waals surface area contributed by atoms with Crippen LogP contribution in [0.25, 0.3) is 0 Å². The molecule has 37 heavy (non-hydrogen) atoms. The number of alkyl halides is 3. The molecule has 1 aromatic heterocycles. The highest BCUT2D eigenvalue weighted by atomic mass is 35.5. The van der Waals surface area contributed by atoms with Crippen LogP contribution in [0.1, 0.15) is 29.0 Å². The van der Waals surface area contributed by atoms with E-state index < -0.39 is 29.5 Å². The average Bonchev–Trinajstić information content (AvgIpc) is 3.35. The molecule has 3 amide bonds. The molecule has 0 radical (unpaired) electrons. The van der Waals surface area contributed by atoms with Crippen LogP contribution in [-0.2, 0) is 17.4 Å². The van der Waals surface area contributed by atoms with Gasteiger partial charge in [-0.2, -0.15) is 13.2 Å². The molecule has 3 aromatic rings. The third-order valence-corrected chi connectivity index (χ3v) is 6.73. The Morgan fingerprint density at radius 1 is 1.16 bits per heavy atom. The van der Waals surface area contributed by atoms with Crippen molar-refractivity contribution in [2.45, 2.75) is 37.1 Å². The van der Waals surface area contributed by atoms with E-state index >= 15 is 0 Å². The van der Waals surface area contributed by atoms with E-state index in [1.165, 1.54) is 6.07 Å². The quantitative estimate of drug-likeness (QED) is 0.415. The van der Waals surface area contributed by atoms with Gasteiger partial charge in [-0.05, 0) is 48.9 Å². The molecular weight excluding hydrogens is 513 g/mol. The van der Waals surface area contributed by atoms with Crippen LogP contribution in [0, 0.1) is 0 Å². The monoisotopic (exact) mass is 530 g/mol. The van der Waals surface area contributed by atoms with E-state index in [0.29, 0.717) is 35.9 Å². The Hall–Kier alpha value is -3.99. The molecule has 1 saturated carbocycles. The van der Waals surface area contributed by atoms with E-state index in [1.807, 2.05) is 6.07 Å². The van der Waals surface area contributed by atoms with Crippen molar-refractivity contribution >= 4 is 35.0 Å². The zero-order valence-corrected chi connectivity index (χ0v) is 19.6. The van der Waals surface area contributed by atoms with Gasteiger partial charge in [0, 0.05) is 28.8 Å². The summed E-state index contributed by atoms with van der Waals surface area (Å²) in [6.45, 7) is 0. The Labute approximate surface area is 213 Å². The summed E-state index contributed by atoms with van der Waals surface area (Å²) in [5.41, 5.74) is 0.202. The number of halogens is 4. The number of amides is 3. The number of hydrogen-bond acceptors (Lipinski definition) is 5. The molecule has 1 aliphatic carbocycles. The summed E-state index contributed by atoms with van der Waals surface area (Å²) in [5, 5.41) is 7.59. The Morgan fingerprint density at radius 2 is 2.00 bits per heavy atom. The molecule has 0 bridgehead atoms. The molecule has 3 aliphatic rings. The van der Waals surface area contributed by atoms with Crippen molar-refractivity contribution in [1.29, 1.82) is 0 Å². The number of fused-ring (bicyclic) bond motifs is 4.